The van der Waals surface area contributed by atoms with E-state index in [1.807, 2.05) is 0 Å². The fraction of sp³-hybridized carbons (Fsp3) is 0.125. The van der Waals surface area contributed by atoms with Gasteiger partial charge in [0, 0.05) is 5.56 Å². The summed E-state index contributed by atoms with van der Waals surface area (Å²) in [5.41, 5.74) is 0.124. The number of hydrogen-bond acceptors (Lipinski definition) is 2. The number of ketones is 1. The van der Waals surface area contributed by atoms with Crippen LogP contribution >= 0.6 is 11.6 Å². The maximum Gasteiger partial charge on any atom is 0.193 e. The average molecular weight is 189 g/mol. The summed E-state index contributed by atoms with van der Waals surface area (Å²) in [5, 5.41) is 9.18. The van der Waals surface area contributed by atoms with E-state index < -0.39 is 12.5 Å². The van der Waals surface area contributed by atoms with Gasteiger partial charge < -0.3 is 5.11 Å². The van der Waals surface area contributed by atoms with E-state index in [9.17, 15) is 9.18 Å². The van der Waals surface area contributed by atoms with E-state index in [1.54, 1.807) is 0 Å². The molecule has 1 aromatic carbocycles. The molecule has 0 heterocycles. The number of phenols is 1. The number of benzene rings is 1. The first-order chi connectivity index (χ1) is 5.65. The van der Waals surface area contributed by atoms with Crippen LogP contribution in [0, 0.1) is 0 Å². The van der Waals surface area contributed by atoms with E-state index in [-0.39, 0.29) is 16.3 Å². The van der Waals surface area contributed by atoms with Gasteiger partial charge in [0.25, 0.3) is 0 Å². The van der Waals surface area contributed by atoms with Crippen molar-refractivity contribution in [2.24, 2.45) is 0 Å². The molecule has 0 saturated carbocycles. The summed E-state index contributed by atoms with van der Waals surface area (Å²) < 4.78 is 11.8. The Hall–Kier alpha value is -1.09. The van der Waals surface area contributed by atoms with Crippen molar-refractivity contribution in [3.8, 4) is 5.75 Å². The van der Waals surface area contributed by atoms with E-state index in [1.165, 1.54) is 12.1 Å². The summed E-state index contributed by atoms with van der Waals surface area (Å²) in [6.07, 6.45) is 0. The standard InChI is InChI=1S/C8H6ClFO2/c9-6-2-1-5(3-7(6)11)8(12)4-10/h1-3,11H,4H2. The van der Waals surface area contributed by atoms with Crippen molar-refractivity contribution in [1.82, 2.24) is 0 Å². The predicted molar refractivity (Wildman–Crippen MR) is 43.4 cm³/mol. The molecule has 0 aliphatic carbocycles. The van der Waals surface area contributed by atoms with E-state index in [2.05, 4.69) is 0 Å². The quantitative estimate of drug-likeness (QED) is 0.723. The predicted octanol–water partition coefficient (Wildman–Crippen LogP) is 2.20. The number of hydrogen-bond donors (Lipinski definition) is 1. The van der Waals surface area contributed by atoms with Crippen LogP contribution in [0.15, 0.2) is 18.2 Å². The van der Waals surface area contributed by atoms with Crippen LogP contribution in [0.3, 0.4) is 0 Å². The number of halogens is 2. The Morgan fingerprint density at radius 1 is 1.58 bits per heavy atom. The summed E-state index contributed by atoms with van der Waals surface area (Å²) in [4.78, 5) is 10.7. The number of alkyl halides is 1. The van der Waals surface area contributed by atoms with Gasteiger partial charge in [-0.1, -0.05) is 11.6 Å². The van der Waals surface area contributed by atoms with Gasteiger partial charge in [-0.2, -0.15) is 0 Å². The number of phenolic OH excluding ortho intramolecular Hbond substituents is 1. The highest BCUT2D eigenvalue weighted by atomic mass is 35.5. The van der Waals surface area contributed by atoms with Crippen molar-refractivity contribution in [2.45, 2.75) is 0 Å². The lowest BCUT2D eigenvalue weighted by Gasteiger charge is -1.98. The first kappa shape index (κ1) is 9.00. The van der Waals surface area contributed by atoms with Gasteiger partial charge in [-0.05, 0) is 18.2 Å². The first-order valence-corrected chi connectivity index (χ1v) is 3.60. The van der Waals surface area contributed by atoms with E-state index in [0.29, 0.717) is 0 Å². The van der Waals surface area contributed by atoms with Crippen molar-refractivity contribution in [3.05, 3.63) is 28.8 Å². The molecular weight excluding hydrogens is 183 g/mol. The summed E-state index contributed by atoms with van der Waals surface area (Å²) in [6, 6.07) is 3.86. The second-order valence-corrected chi connectivity index (χ2v) is 2.63. The van der Waals surface area contributed by atoms with Gasteiger partial charge in [-0.3, -0.25) is 4.79 Å². The minimum absolute atomic E-state index is 0.124. The molecule has 12 heavy (non-hydrogen) atoms. The lowest BCUT2D eigenvalue weighted by Crippen LogP contribution is -1.99. The van der Waals surface area contributed by atoms with Crippen molar-refractivity contribution in [1.29, 1.82) is 0 Å². The number of Topliss-reactive ketones (excluding diaryl/α,β-unsaturated/α-hetero) is 1. The van der Waals surface area contributed by atoms with Crippen molar-refractivity contribution < 1.29 is 14.3 Å². The first-order valence-electron chi connectivity index (χ1n) is 3.23. The lowest BCUT2D eigenvalue weighted by atomic mass is 10.1. The van der Waals surface area contributed by atoms with Crippen LogP contribution in [-0.4, -0.2) is 17.6 Å². The highest BCUT2D eigenvalue weighted by molar-refractivity contribution is 6.32. The molecule has 64 valence electrons. The van der Waals surface area contributed by atoms with Crippen molar-refractivity contribution >= 4 is 17.4 Å². The van der Waals surface area contributed by atoms with Crippen LogP contribution < -0.4 is 0 Å². The normalized spacial score (nSPS) is 9.83. The average Bonchev–Trinajstić information content (AvgIpc) is 2.08. The smallest absolute Gasteiger partial charge is 0.193 e. The summed E-state index contributed by atoms with van der Waals surface area (Å²) in [5.74, 6) is -0.877. The Morgan fingerprint density at radius 3 is 2.75 bits per heavy atom. The van der Waals surface area contributed by atoms with Gasteiger partial charge in [0.1, 0.15) is 5.75 Å². The van der Waals surface area contributed by atoms with Crippen molar-refractivity contribution in [2.75, 3.05) is 6.67 Å². The molecule has 1 N–H and O–H groups in total. The van der Waals surface area contributed by atoms with E-state index in [4.69, 9.17) is 16.7 Å². The Labute approximate surface area is 73.6 Å². The minimum atomic E-state index is -1.07. The number of carbonyl (C=O) groups excluding carboxylic acids is 1. The Balaban J connectivity index is 3.05. The number of rotatable bonds is 2. The molecular formula is C8H6ClFO2. The van der Waals surface area contributed by atoms with Gasteiger partial charge in [0.2, 0.25) is 0 Å². The van der Waals surface area contributed by atoms with E-state index >= 15 is 0 Å². The zero-order chi connectivity index (χ0) is 9.14. The second kappa shape index (κ2) is 3.54. The second-order valence-electron chi connectivity index (χ2n) is 2.22. The van der Waals surface area contributed by atoms with Crippen LogP contribution in [0.1, 0.15) is 10.4 Å². The fourth-order valence-corrected chi connectivity index (χ4v) is 0.881. The SMILES string of the molecule is O=C(CF)c1ccc(Cl)c(O)c1. The molecule has 0 radical (unpaired) electrons. The molecule has 0 aliphatic rings. The largest absolute Gasteiger partial charge is 0.506 e. The van der Waals surface area contributed by atoms with Crippen LogP contribution in [0.5, 0.6) is 5.75 Å². The highest BCUT2D eigenvalue weighted by Gasteiger charge is 2.07. The Kier molecular flexibility index (Phi) is 2.65. The van der Waals surface area contributed by atoms with Crippen LogP contribution in [0.4, 0.5) is 4.39 Å². The zero-order valence-corrected chi connectivity index (χ0v) is 6.81. The summed E-state index contributed by atoms with van der Waals surface area (Å²) in [6.45, 7) is -1.07. The molecule has 0 bridgehead atoms. The molecule has 0 saturated heterocycles. The monoisotopic (exact) mass is 188 g/mol. The van der Waals surface area contributed by atoms with Crippen molar-refractivity contribution in [3.63, 3.8) is 0 Å². The van der Waals surface area contributed by atoms with Crippen LogP contribution in [0.25, 0.3) is 0 Å². The Morgan fingerprint density at radius 2 is 2.25 bits per heavy atom. The molecule has 0 spiro atoms. The lowest BCUT2D eigenvalue weighted by molar-refractivity contribution is 0.0958. The maximum atomic E-state index is 11.8. The highest BCUT2D eigenvalue weighted by Crippen LogP contribution is 2.23. The maximum absolute atomic E-state index is 11.8. The molecule has 0 aliphatic heterocycles. The zero-order valence-electron chi connectivity index (χ0n) is 6.05. The minimum Gasteiger partial charge on any atom is -0.506 e. The molecule has 0 aromatic heterocycles. The fourth-order valence-electron chi connectivity index (χ4n) is 0.763. The van der Waals surface area contributed by atoms with Crippen LogP contribution in [0.2, 0.25) is 5.02 Å². The third-order valence-electron chi connectivity index (χ3n) is 1.39. The molecule has 0 unspecified atom stereocenters. The topological polar surface area (TPSA) is 37.3 Å². The third-order valence-corrected chi connectivity index (χ3v) is 1.71. The third kappa shape index (κ3) is 1.74. The van der Waals surface area contributed by atoms with Gasteiger partial charge >= 0.3 is 0 Å². The molecule has 4 heteroatoms. The molecule has 1 rings (SSSR count). The van der Waals surface area contributed by atoms with Crippen LogP contribution in [-0.2, 0) is 0 Å². The summed E-state index contributed by atoms with van der Waals surface area (Å²) in [7, 11) is 0. The molecule has 0 fully saturated rings. The van der Waals surface area contributed by atoms with E-state index in [0.717, 1.165) is 6.07 Å². The Bertz CT molecular complexity index is 312. The van der Waals surface area contributed by atoms with Gasteiger partial charge in [-0.25, -0.2) is 4.39 Å². The molecule has 0 atom stereocenters. The number of aromatic hydroxyl groups is 1. The molecule has 2 nitrogen and oxygen atoms in total. The van der Waals surface area contributed by atoms with Gasteiger partial charge in [0.05, 0.1) is 5.02 Å². The molecule has 0 amide bonds. The number of carbonyl (C=O) groups is 1. The van der Waals surface area contributed by atoms with Gasteiger partial charge in [-0.15, -0.1) is 0 Å². The summed E-state index contributed by atoms with van der Waals surface area (Å²) >= 11 is 5.47. The van der Waals surface area contributed by atoms with Gasteiger partial charge in [0.15, 0.2) is 12.5 Å². The molecule has 1 aromatic rings.